The van der Waals surface area contributed by atoms with Gasteiger partial charge in [0.2, 0.25) is 5.88 Å². The predicted molar refractivity (Wildman–Crippen MR) is 123 cm³/mol. The van der Waals surface area contributed by atoms with E-state index in [0.29, 0.717) is 53.7 Å². The topological polar surface area (TPSA) is 81.6 Å². The zero-order valence-electron chi connectivity index (χ0n) is 19.0. The molecule has 0 bridgehead atoms. The first-order valence-corrected chi connectivity index (χ1v) is 12.5. The van der Waals surface area contributed by atoms with Crippen molar-refractivity contribution in [1.29, 1.82) is 0 Å². The summed E-state index contributed by atoms with van der Waals surface area (Å²) in [7, 11) is 1.46. The lowest BCUT2D eigenvalue weighted by Crippen LogP contribution is -2.41. The largest absolute Gasteiger partial charge is 0.475 e. The van der Waals surface area contributed by atoms with E-state index in [9.17, 15) is 9.59 Å². The Morgan fingerprint density at radius 2 is 2.06 bits per heavy atom. The Balaban J connectivity index is 1.39. The van der Waals surface area contributed by atoms with Gasteiger partial charge in [-0.25, -0.2) is 4.98 Å². The lowest BCUT2D eigenvalue weighted by molar-refractivity contribution is -0.142. The first kappa shape index (κ1) is 22.8. The van der Waals surface area contributed by atoms with E-state index >= 15 is 0 Å². The summed E-state index contributed by atoms with van der Waals surface area (Å²) in [5.74, 6) is 1.20. The van der Waals surface area contributed by atoms with Crippen molar-refractivity contribution in [2.45, 2.75) is 56.6 Å². The van der Waals surface area contributed by atoms with Crippen LogP contribution in [0.2, 0.25) is 0 Å². The molecule has 8 heteroatoms. The molecule has 1 aromatic rings. The average molecular weight is 458 g/mol. The van der Waals surface area contributed by atoms with Crippen molar-refractivity contribution >= 4 is 23.6 Å². The zero-order valence-corrected chi connectivity index (χ0v) is 19.8. The standard InChI is InChI=1S/C24H31N3O4S/c1-15-21-22(26-24(25-15)32-3)31-13-12-27(23(21)29)19-10-8-18(9-11-19)17-6-4-16(5-7-17)14-20(28)30-2/h8-10,16-17,19H,4-7,11-14H2,1-3H3. The highest BCUT2D eigenvalue weighted by Crippen LogP contribution is 2.37. The molecule has 32 heavy (non-hydrogen) atoms. The molecule has 0 saturated heterocycles. The minimum Gasteiger partial charge on any atom is -0.475 e. The maximum absolute atomic E-state index is 13.4. The maximum Gasteiger partial charge on any atom is 0.305 e. The van der Waals surface area contributed by atoms with Gasteiger partial charge in [0.05, 0.1) is 25.4 Å². The van der Waals surface area contributed by atoms with Crippen molar-refractivity contribution in [3.05, 3.63) is 35.1 Å². The summed E-state index contributed by atoms with van der Waals surface area (Å²) < 4.78 is 10.6. The number of ether oxygens (including phenoxy) is 2. The van der Waals surface area contributed by atoms with Gasteiger partial charge in [0, 0.05) is 6.42 Å². The highest BCUT2D eigenvalue weighted by atomic mass is 32.2. The van der Waals surface area contributed by atoms with E-state index in [1.54, 1.807) is 0 Å². The Labute approximate surface area is 193 Å². The third-order valence-electron chi connectivity index (χ3n) is 6.77. The predicted octanol–water partition coefficient (Wildman–Crippen LogP) is 3.97. The number of rotatable bonds is 5. The highest BCUT2D eigenvalue weighted by Gasteiger charge is 2.33. The van der Waals surface area contributed by atoms with Gasteiger partial charge in [-0.1, -0.05) is 30.0 Å². The van der Waals surface area contributed by atoms with Crippen LogP contribution in [0.25, 0.3) is 0 Å². The summed E-state index contributed by atoms with van der Waals surface area (Å²) >= 11 is 1.44. The van der Waals surface area contributed by atoms with Gasteiger partial charge in [0.25, 0.3) is 5.91 Å². The number of esters is 1. The number of fused-ring (bicyclic) bond motifs is 1. The van der Waals surface area contributed by atoms with Crippen molar-refractivity contribution < 1.29 is 19.1 Å². The Hall–Kier alpha value is -2.35. The second-order valence-corrected chi connectivity index (χ2v) is 9.46. The average Bonchev–Trinajstić information content (AvgIpc) is 2.98. The molecule has 1 saturated carbocycles. The van der Waals surface area contributed by atoms with Gasteiger partial charge in [-0.3, -0.25) is 9.59 Å². The molecule has 1 aliphatic heterocycles. The molecule has 2 aliphatic carbocycles. The molecule has 1 amide bonds. The van der Waals surface area contributed by atoms with Crippen LogP contribution in [0.5, 0.6) is 5.88 Å². The van der Waals surface area contributed by atoms with Crippen LogP contribution < -0.4 is 4.74 Å². The third-order valence-corrected chi connectivity index (χ3v) is 7.32. The number of carbonyl (C=O) groups excluding carboxylic acids is 2. The van der Waals surface area contributed by atoms with Gasteiger partial charge in [0.15, 0.2) is 5.16 Å². The van der Waals surface area contributed by atoms with E-state index in [0.717, 1.165) is 32.1 Å². The molecule has 0 radical (unpaired) electrons. The van der Waals surface area contributed by atoms with Crippen LogP contribution >= 0.6 is 11.8 Å². The van der Waals surface area contributed by atoms with Gasteiger partial charge in [-0.2, -0.15) is 4.98 Å². The van der Waals surface area contributed by atoms with Gasteiger partial charge in [0.1, 0.15) is 12.2 Å². The Kier molecular flexibility index (Phi) is 7.18. The van der Waals surface area contributed by atoms with E-state index in [2.05, 4.69) is 28.2 Å². The summed E-state index contributed by atoms with van der Waals surface area (Å²) in [6.45, 7) is 2.80. The molecule has 0 spiro atoms. The maximum atomic E-state index is 13.4. The van der Waals surface area contributed by atoms with Crippen LogP contribution in [-0.2, 0) is 9.53 Å². The zero-order chi connectivity index (χ0) is 22.7. The number of amides is 1. The molecule has 1 aromatic heterocycles. The van der Waals surface area contributed by atoms with Crippen LogP contribution in [0.4, 0.5) is 0 Å². The second kappa shape index (κ2) is 10.1. The molecular weight excluding hydrogens is 426 g/mol. The molecule has 2 heterocycles. The summed E-state index contributed by atoms with van der Waals surface area (Å²) in [5.41, 5.74) is 2.50. The number of nitrogens with zero attached hydrogens (tertiary/aromatic N) is 3. The number of methoxy groups -OCH3 is 1. The van der Waals surface area contributed by atoms with Crippen LogP contribution in [-0.4, -0.2) is 59.3 Å². The molecule has 1 fully saturated rings. The molecular formula is C24H31N3O4S. The molecule has 7 nitrogen and oxygen atoms in total. The monoisotopic (exact) mass is 457 g/mol. The summed E-state index contributed by atoms with van der Waals surface area (Å²) in [5, 5.41) is 0.619. The molecule has 4 rings (SSSR count). The Morgan fingerprint density at radius 3 is 2.72 bits per heavy atom. The van der Waals surface area contributed by atoms with Crippen molar-refractivity contribution in [3.8, 4) is 5.88 Å². The van der Waals surface area contributed by atoms with Crippen molar-refractivity contribution in [2.24, 2.45) is 11.8 Å². The van der Waals surface area contributed by atoms with Gasteiger partial charge in [-0.05, 0) is 62.7 Å². The molecule has 1 atom stereocenters. The summed E-state index contributed by atoms with van der Waals surface area (Å²) in [4.78, 5) is 35.6. The second-order valence-electron chi connectivity index (χ2n) is 8.69. The van der Waals surface area contributed by atoms with E-state index in [4.69, 9.17) is 9.47 Å². The highest BCUT2D eigenvalue weighted by molar-refractivity contribution is 7.98. The summed E-state index contributed by atoms with van der Waals surface area (Å²) in [6.07, 6.45) is 14.2. The quantitative estimate of drug-likeness (QED) is 0.376. The summed E-state index contributed by atoms with van der Waals surface area (Å²) in [6, 6.07) is 0.0103. The first-order valence-electron chi connectivity index (χ1n) is 11.3. The SMILES string of the molecule is COC(=O)CC1CCC(C2=CCC(N3CCOc4nc(SC)nc(C)c4C3=O)C=C2)CC1. The van der Waals surface area contributed by atoms with Crippen LogP contribution in [0, 0.1) is 18.8 Å². The number of hydrogen-bond donors (Lipinski definition) is 0. The van der Waals surface area contributed by atoms with E-state index < -0.39 is 0 Å². The van der Waals surface area contributed by atoms with E-state index in [1.165, 1.54) is 24.4 Å². The number of carbonyl (C=O) groups is 2. The molecule has 3 aliphatic rings. The molecule has 172 valence electrons. The van der Waals surface area contributed by atoms with Crippen molar-refractivity contribution in [1.82, 2.24) is 14.9 Å². The number of aryl methyl sites for hydroxylation is 1. The molecule has 1 unspecified atom stereocenters. The van der Waals surface area contributed by atoms with Crippen LogP contribution in [0.15, 0.2) is 29.0 Å². The number of allylic oxidation sites excluding steroid dienone is 2. The number of thioether (sulfide) groups is 1. The van der Waals surface area contributed by atoms with Gasteiger partial charge in [-0.15, -0.1) is 0 Å². The van der Waals surface area contributed by atoms with E-state index in [1.807, 2.05) is 18.1 Å². The fraction of sp³-hybridized carbons (Fsp3) is 0.583. The van der Waals surface area contributed by atoms with Crippen molar-refractivity contribution in [3.63, 3.8) is 0 Å². The fourth-order valence-electron chi connectivity index (χ4n) is 4.94. The smallest absolute Gasteiger partial charge is 0.305 e. The van der Waals surface area contributed by atoms with Crippen LogP contribution in [0.3, 0.4) is 0 Å². The number of aromatic nitrogens is 2. The minimum atomic E-state index is -0.106. The Bertz CT molecular complexity index is 937. The molecule has 0 aromatic carbocycles. The molecule has 0 N–H and O–H groups in total. The van der Waals surface area contributed by atoms with Crippen LogP contribution in [0.1, 0.15) is 54.6 Å². The van der Waals surface area contributed by atoms with Crippen molar-refractivity contribution in [2.75, 3.05) is 26.5 Å². The lowest BCUT2D eigenvalue weighted by atomic mass is 9.76. The van der Waals surface area contributed by atoms with Gasteiger partial charge < -0.3 is 14.4 Å². The fourth-order valence-corrected chi connectivity index (χ4v) is 5.35. The van der Waals surface area contributed by atoms with E-state index in [-0.39, 0.29) is 17.9 Å². The lowest BCUT2D eigenvalue weighted by Gasteiger charge is -2.33. The van der Waals surface area contributed by atoms with Gasteiger partial charge >= 0.3 is 5.97 Å². The Morgan fingerprint density at radius 1 is 1.28 bits per heavy atom. The number of hydrogen-bond acceptors (Lipinski definition) is 7. The minimum absolute atomic E-state index is 0.0103. The first-order chi connectivity index (χ1) is 15.5. The normalized spacial score (nSPS) is 25.5. The third kappa shape index (κ3) is 4.85.